The minimum atomic E-state index is -0.497. The number of para-hydroxylation sites is 1. The van der Waals surface area contributed by atoms with Crippen molar-refractivity contribution in [3.05, 3.63) is 65.9 Å². The van der Waals surface area contributed by atoms with E-state index in [0.29, 0.717) is 29.8 Å². The van der Waals surface area contributed by atoms with Gasteiger partial charge in [0.2, 0.25) is 0 Å². The van der Waals surface area contributed by atoms with Crippen LogP contribution >= 0.6 is 0 Å². The minimum absolute atomic E-state index is 0.260. The molecule has 0 saturated carbocycles. The summed E-state index contributed by atoms with van der Waals surface area (Å²) < 4.78 is 12.1. The Bertz CT molecular complexity index is 928. The number of nitrogens with zero attached hydrogens (tertiary/aromatic N) is 1. The Kier molecular flexibility index (Phi) is 5.37. The van der Waals surface area contributed by atoms with Gasteiger partial charge in [-0.05, 0) is 30.5 Å². The molecule has 134 valence electrons. The number of carbonyl (C=O) groups is 2. The summed E-state index contributed by atoms with van der Waals surface area (Å²) in [6.45, 7) is 1.74. The number of carbonyl (C=O) groups excluding carboxylic acids is 2. The number of methoxy groups -OCH3 is 1. The van der Waals surface area contributed by atoms with Gasteiger partial charge in [-0.25, -0.2) is 9.36 Å². The number of fused-ring (bicyclic) bond motifs is 1. The van der Waals surface area contributed by atoms with Crippen molar-refractivity contribution in [1.29, 1.82) is 0 Å². The van der Waals surface area contributed by atoms with Crippen LogP contribution in [-0.4, -0.2) is 23.7 Å². The van der Waals surface area contributed by atoms with E-state index in [2.05, 4.69) is 0 Å². The van der Waals surface area contributed by atoms with Crippen molar-refractivity contribution >= 4 is 23.0 Å². The smallest absolute Gasteiger partial charge is 0.418 e. The lowest BCUT2D eigenvalue weighted by Crippen LogP contribution is -2.16. The Morgan fingerprint density at radius 2 is 1.65 bits per heavy atom. The van der Waals surface area contributed by atoms with Crippen LogP contribution < -0.4 is 4.74 Å². The van der Waals surface area contributed by atoms with E-state index < -0.39 is 6.09 Å². The number of benzene rings is 2. The fourth-order valence-corrected chi connectivity index (χ4v) is 3.00. The molecule has 0 saturated heterocycles. The molecule has 0 amide bonds. The molecule has 2 aromatic carbocycles. The molecule has 0 bridgehead atoms. The number of esters is 1. The van der Waals surface area contributed by atoms with Crippen LogP contribution in [0, 0.1) is 0 Å². The van der Waals surface area contributed by atoms with Gasteiger partial charge in [-0.1, -0.05) is 49.4 Å². The summed E-state index contributed by atoms with van der Waals surface area (Å²) in [6, 6.07) is 17.3. The SMILES string of the molecule is CCC(=O)Oc1c(CCc2ccccc2)n(C(=O)OC)c2ccccc12. The average molecular weight is 351 g/mol. The Morgan fingerprint density at radius 1 is 0.962 bits per heavy atom. The molecule has 26 heavy (non-hydrogen) atoms. The Hall–Kier alpha value is -3.08. The molecule has 3 aromatic rings. The van der Waals surface area contributed by atoms with Gasteiger partial charge in [-0.15, -0.1) is 0 Å². The molecule has 0 N–H and O–H groups in total. The summed E-state index contributed by atoms with van der Waals surface area (Å²) in [5.41, 5.74) is 2.45. The molecule has 1 heterocycles. The highest BCUT2D eigenvalue weighted by Gasteiger charge is 2.24. The van der Waals surface area contributed by atoms with Gasteiger partial charge in [0.05, 0.1) is 18.3 Å². The third-order valence-electron chi connectivity index (χ3n) is 4.28. The second-order valence-electron chi connectivity index (χ2n) is 5.91. The van der Waals surface area contributed by atoms with Crippen molar-refractivity contribution in [2.75, 3.05) is 7.11 Å². The van der Waals surface area contributed by atoms with Crippen LogP contribution in [0.25, 0.3) is 10.9 Å². The molecule has 0 unspecified atom stereocenters. The zero-order valence-electron chi connectivity index (χ0n) is 14.9. The van der Waals surface area contributed by atoms with Gasteiger partial charge in [0.1, 0.15) is 0 Å². The number of hydrogen-bond acceptors (Lipinski definition) is 4. The van der Waals surface area contributed by atoms with E-state index in [1.165, 1.54) is 11.7 Å². The second kappa shape index (κ2) is 7.87. The topological polar surface area (TPSA) is 57.5 Å². The van der Waals surface area contributed by atoms with Crippen LogP contribution in [0.1, 0.15) is 24.6 Å². The standard InChI is InChI=1S/C21H21NO4/c1-3-19(23)26-20-16-11-7-8-12-17(16)22(21(24)25-2)18(20)14-13-15-9-5-4-6-10-15/h4-12H,3,13-14H2,1-2H3. The number of hydrogen-bond donors (Lipinski definition) is 0. The molecule has 5 heteroatoms. The molecule has 0 radical (unpaired) electrons. The maximum absolute atomic E-state index is 12.4. The molecule has 5 nitrogen and oxygen atoms in total. The molecule has 0 aliphatic rings. The van der Waals surface area contributed by atoms with E-state index in [0.717, 1.165) is 10.9 Å². The van der Waals surface area contributed by atoms with E-state index in [9.17, 15) is 9.59 Å². The molecular formula is C21H21NO4. The summed E-state index contributed by atoms with van der Waals surface area (Å²) in [5.74, 6) is 0.104. The Labute approximate surface area is 152 Å². The van der Waals surface area contributed by atoms with Crippen LogP contribution in [0.3, 0.4) is 0 Å². The van der Waals surface area contributed by atoms with E-state index in [4.69, 9.17) is 9.47 Å². The van der Waals surface area contributed by atoms with Crippen LogP contribution in [0.5, 0.6) is 5.75 Å². The van der Waals surface area contributed by atoms with Crippen molar-refractivity contribution < 1.29 is 19.1 Å². The van der Waals surface area contributed by atoms with E-state index >= 15 is 0 Å². The molecule has 3 rings (SSSR count). The minimum Gasteiger partial charge on any atom is -0.452 e. The number of ether oxygens (including phenoxy) is 2. The Morgan fingerprint density at radius 3 is 2.35 bits per heavy atom. The third kappa shape index (κ3) is 3.47. The first-order valence-electron chi connectivity index (χ1n) is 8.61. The monoisotopic (exact) mass is 351 g/mol. The fraction of sp³-hybridized carbons (Fsp3) is 0.238. The molecule has 0 aliphatic heterocycles. The number of aryl methyl sites for hydroxylation is 1. The first-order chi connectivity index (χ1) is 12.7. The molecule has 0 aliphatic carbocycles. The first kappa shape index (κ1) is 17.7. The van der Waals surface area contributed by atoms with Crippen molar-refractivity contribution in [1.82, 2.24) is 4.57 Å². The second-order valence-corrected chi connectivity index (χ2v) is 5.91. The molecular weight excluding hydrogens is 330 g/mol. The van der Waals surface area contributed by atoms with E-state index in [1.54, 1.807) is 6.92 Å². The lowest BCUT2D eigenvalue weighted by atomic mass is 10.1. The van der Waals surface area contributed by atoms with Gasteiger partial charge < -0.3 is 9.47 Å². The maximum Gasteiger partial charge on any atom is 0.418 e. The highest BCUT2D eigenvalue weighted by Crippen LogP contribution is 2.34. The molecule has 0 fully saturated rings. The summed E-state index contributed by atoms with van der Waals surface area (Å²) in [4.78, 5) is 24.4. The van der Waals surface area contributed by atoms with E-state index in [-0.39, 0.29) is 12.4 Å². The van der Waals surface area contributed by atoms with Gasteiger partial charge >= 0.3 is 12.1 Å². The normalized spacial score (nSPS) is 10.7. The Balaban J connectivity index is 2.11. The lowest BCUT2D eigenvalue weighted by Gasteiger charge is -2.10. The van der Waals surface area contributed by atoms with E-state index in [1.807, 2.05) is 54.6 Å². The predicted octanol–water partition coefficient (Wildman–Crippen LogP) is 4.36. The summed E-state index contributed by atoms with van der Waals surface area (Å²) >= 11 is 0. The maximum atomic E-state index is 12.4. The zero-order valence-corrected chi connectivity index (χ0v) is 14.9. The van der Waals surface area contributed by atoms with Crippen LogP contribution in [0.2, 0.25) is 0 Å². The molecule has 0 spiro atoms. The predicted molar refractivity (Wildman–Crippen MR) is 99.5 cm³/mol. The summed E-state index contributed by atoms with van der Waals surface area (Å²) in [7, 11) is 1.34. The fourth-order valence-electron chi connectivity index (χ4n) is 3.00. The number of aromatic nitrogens is 1. The van der Waals surface area contributed by atoms with Crippen LogP contribution in [0.15, 0.2) is 54.6 Å². The summed E-state index contributed by atoms with van der Waals surface area (Å²) in [6.07, 6.45) is 1.02. The van der Waals surface area contributed by atoms with Gasteiger partial charge in [-0.3, -0.25) is 4.79 Å². The highest BCUT2D eigenvalue weighted by atomic mass is 16.5. The van der Waals surface area contributed by atoms with Crippen molar-refractivity contribution in [3.8, 4) is 5.75 Å². The van der Waals surface area contributed by atoms with Crippen LogP contribution in [0.4, 0.5) is 4.79 Å². The van der Waals surface area contributed by atoms with Crippen LogP contribution in [-0.2, 0) is 22.4 Å². The number of rotatable bonds is 5. The van der Waals surface area contributed by atoms with Crippen molar-refractivity contribution in [3.63, 3.8) is 0 Å². The molecule has 0 atom stereocenters. The van der Waals surface area contributed by atoms with Gasteiger partial charge in [0.25, 0.3) is 0 Å². The van der Waals surface area contributed by atoms with Gasteiger partial charge in [-0.2, -0.15) is 0 Å². The van der Waals surface area contributed by atoms with Gasteiger partial charge in [0, 0.05) is 11.8 Å². The van der Waals surface area contributed by atoms with Crippen molar-refractivity contribution in [2.24, 2.45) is 0 Å². The average Bonchev–Trinajstić information content (AvgIpc) is 3.00. The first-order valence-corrected chi connectivity index (χ1v) is 8.61. The highest BCUT2D eigenvalue weighted by molar-refractivity contribution is 5.97. The zero-order chi connectivity index (χ0) is 18.5. The largest absolute Gasteiger partial charge is 0.452 e. The lowest BCUT2D eigenvalue weighted by molar-refractivity contribution is -0.133. The quantitative estimate of drug-likeness (QED) is 0.641. The van der Waals surface area contributed by atoms with Crippen molar-refractivity contribution in [2.45, 2.75) is 26.2 Å². The summed E-state index contributed by atoms with van der Waals surface area (Å²) in [5, 5.41) is 0.725. The van der Waals surface area contributed by atoms with Gasteiger partial charge in [0.15, 0.2) is 5.75 Å². The molecule has 1 aromatic heterocycles. The third-order valence-corrected chi connectivity index (χ3v) is 4.28.